The number of halogens is 1. The van der Waals surface area contributed by atoms with Crippen LogP contribution in [-0.4, -0.2) is 50.0 Å². The zero-order valence-electron chi connectivity index (χ0n) is 13.5. The summed E-state index contributed by atoms with van der Waals surface area (Å²) in [6.07, 6.45) is 1.41. The molecule has 22 heavy (non-hydrogen) atoms. The van der Waals surface area contributed by atoms with E-state index in [2.05, 4.69) is 17.1 Å². The van der Waals surface area contributed by atoms with E-state index in [0.717, 1.165) is 44.7 Å². The zero-order valence-corrected chi connectivity index (χ0v) is 14.2. The van der Waals surface area contributed by atoms with Gasteiger partial charge in [-0.25, -0.2) is 0 Å². The molecule has 0 aliphatic carbocycles. The van der Waals surface area contributed by atoms with E-state index in [4.69, 9.17) is 16.3 Å². The molecule has 0 unspecified atom stereocenters. The van der Waals surface area contributed by atoms with E-state index >= 15 is 0 Å². The average molecular weight is 325 g/mol. The monoisotopic (exact) mass is 324 g/mol. The van der Waals surface area contributed by atoms with Crippen LogP contribution in [0.15, 0.2) is 12.1 Å². The second kappa shape index (κ2) is 8.51. The summed E-state index contributed by atoms with van der Waals surface area (Å²) in [5, 5.41) is 3.94. The number of ketones is 1. The maximum atomic E-state index is 12.6. The summed E-state index contributed by atoms with van der Waals surface area (Å²) in [6, 6.07) is 3.62. The van der Waals surface area contributed by atoms with Crippen LogP contribution in [0, 0.1) is 6.92 Å². The molecule has 4 nitrogen and oxygen atoms in total. The first kappa shape index (κ1) is 17.3. The van der Waals surface area contributed by atoms with E-state index in [9.17, 15) is 4.79 Å². The van der Waals surface area contributed by atoms with Crippen molar-refractivity contribution in [2.75, 3.05) is 39.3 Å². The van der Waals surface area contributed by atoms with Crippen LogP contribution in [0.4, 0.5) is 0 Å². The van der Waals surface area contributed by atoms with Crippen molar-refractivity contribution in [1.82, 2.24) is 10.2 Å². The number of ether oxygens (including phenoxy) is 1. The number of benzene rings is 1. The maximum absolute atomic E-state index is 12.6. The molecular formula is C17H25ClN2O2. The summed E-state index contributed by atoms with van der Waals surface area (Å²) in [4.78, 5) is 14.9. The molecule has 122 valence electrons. The number of Topliss-reactive ketones (excluding diaryl/α,β-unsaturated/α-hetero) is 1. The van der Waals surface area contributed by atoms with Gasteiger partial charge in [-0.2, -0.15) is 0 Å². The van der Waals surface area contributed by atoms with Gasteiger partial charge >= 0.3 is 0 Å². The van der Waals surface area contributed by atoms with Gasteiger partial charge in [0.25, 0.3) is 0 Å². The minimum Gasteiger partial charge on any atom is -0.493 e. The van der Waals surface area contributed by atoms with Crippen molar-refractivity contribution in [2.45, 2.75) is 26.7 Å². The first-order valence-corrected chi connectivity index (χ1v) is 8.39. The smallest absolute Gasteiger partial charge is 0.167 e. The fourth-order valence-electron chi connectivity index (χ4n) is 2.53. The van der Waals surface area contributed by atoms with Crippen LogP contribution in [0.3, 0.4) is 0 Å². The molecular weight excluding hydrogens is 300 g/mol. The lowest BCUT2D eigenvalue weighted by Crippen LogP contribution is -2.44. The Morgan fingerprint density at radius 2 is 2.09 bits per heavy atom. The van der Waals surface area contributed by atoms with Gasteiger partial charge in [0.1, 0.15) is 5.75 Å². The second-order valence-corrected chi connectivity index (χ2v) is 6.12. The Bertz CT molecular complexity index is 514. The van der Waals surface area contributed by atoms with E-state index in [1.165, 1.54) is 0 Å². The molecule has 0 amide bonds. The van der Waals surface area contributed by atoms with Gasteiger partial charge in [0, 0.05) is 44.2 Å². The second-order valence-electron chi connectivity index (χ2n) is 5.71. The van der Waals surface area contributed by atoms with Gasteiger partial charge < -0.3 is 15.0 Å². The van der Waals surface area contributed by atoms with Gasteiger partial charge in [-0.1, -0.05) is 18.5 Å². The van der Waals surface area contributed by atoms with Gasteiger partial charge in [0.05, 0.1) is 12.2 Å². The zero-order chi connectivity index (χ0) is 15.9. The van der Waals surface area contributed by atoms with Crippen LogP contribution in [0.5, 0.6) is 5.75 Å². The summed E-state index contributed by atoms with van der Waals surface area (Å²) in [7, 11) is 0. The quantitative estimate of drug-likeness (QED) is 0.783. The van der Waals surface area contributed by atoms with Crippen LogP contribution in [0.1, 0.15) is 35.7 Å². The molecule has 0 radical (unpaired) electrons. The Kier molecular flexibility index (Phi) is 6.68. The molecule has 5 heteroatoms. The van der Waals surface area contributed by atoms with E-state index in [-0.39, 0.29) is 5.78 Å². The molecule has 0 bridgehead atoms. The van der Waals surface area contributed by atoms with E-state index in [1.807, 2.05) is 13.0 Å². The Labute approximate surface area is 137 Å². The number of aryl methyl sites for hydroxylation is 1. The maximum Gasteiger partial charge on any atom is 0.167 e. The predicted molar refractivity (Wildman–Crippen MR) is 90.2 cm³/mol. The highest BCUT2D eigenvalue weighted by molar-refractivity contribution is 6.31. The third kappa shape index (κ3) is 4.70. The highest BCUT2D eigenvalue weighted by Crippen LogP contribution is 2.28. The predicted octanol–water partition coefficient (Wildman–Crippen LogP) is 2.92. The molecule has 0 aromatic heterocycles. The van der Waals surface area contributed by atoms with Gasteiger partial charge in [-0.3, -0.25) is 4.79 Å². The van der Waals surface area contributed by atoms with E-state index in [1.54, 1.807) is 6.07 Å². The summed E-state index contributed by atoms with van der Waals surface area (Å²) in [5.41, 5.74) is 1.55. The highest BCUT2D eigenvalue weighted by atomic mass is 35.5. The van der Waals surface area contributed by atoms with Crippen LogP contribution in [0.25, 0.3) is 0 Å². The number of piperazine rings is 1. The van der Waals surface area contributed by atoms with Crippen molar-refractivity contribution in [2.24, 2.45) is 0 Å². The van der Waals surface area contributed by atoms with Crippen LogP contribution >= 0.6 is 11.6 Å². The Hall–Kier alpha value is -1.10. The first-order valence-electron chi connectivity index (χ1n) is 8.01. The van der Waals surface area contributed by atoms with E-state index < -0.39 is 0 Å². The van der Waals surface area contributed by atoms with Crippen molar-refractivity contribution in [3.05, 3.63) is 28.3 Å². The number of nitrogens with zero attached hydrogens (tertiary/aromatic N) is 1. The lowest BCUT2D eigenvalue weighted by molar-refractivity contribution is 0.0956. The van der Waals surface area contributed by atoms with E-state index in [0.29, 0.717) is 29.4 Å². The summed E-state index contributed by atoms with van der Waals surface area (Å²) < 4.78 is 5.73. The molecule has 1 aromatic rings. The van der Waals surface area contributed by atoms with Crippen LogP contribution in [0.2, 0.25) is 5.02 Å². The summed E-state index contributed by atoms with van der Waals surface area (Å²) in [6.45, 7) is 9.37. The highest BCUT2D eigenvalue weighted by Gasteiger charge is 2.17. The first-order chi connectivity index (χ1) is 10.6. The van der Waals surface area contributed by atoms with Gasteiger partial charge in [-0.05, 0) is 31.0 Å². The molecule has 1 fully saturated rings. The molecule has 1 aromatic carbocycles. The fourth-order valence-corrected chi connectivity index (χ4v) is 2.70. The van der Waals surface area contributed by atoms with Gasteiger partial charge in [0.15, 0.2) is 5.78 Å². The Morgan fingerprint density at radius 1 is 1.36 bits per heavy atom. The molecule has 1 aliphatic heterocycles. The largest absolute Gasteiger partial charge is 0.493 e. The molecule has 0 spiro atoms. The molecule has 1 N–H and O–H groups in total. The number of hydrogen-bond donors (Lipinski definition) is 1. The third-order valence-corrected chi connectivity index (χ3v) is 4.29. The fraction of sp³-hybridized carbons (Fsp3) is 0.588. The number of rotatable bonds is 7. The molecule has 1 saturated heterocycles. The number of hydrogen-bond acceptors (Lipinski definition) is 4. The van der Waals surface area contributed by atoms with Crippen LogP contribution in [-0.2, 0) is 0 Å². The van der Waals surface area contributed by atoms with Crippen molar-refractivity contribution in [3.63, 3.8) is 0 Å². The standard InChI is InChI=1S/C17H25ClN2O2/c1-3-10-22-17-11-13(2)15(18)12-14(17)16(21)4-7-20-8-5-19-6-9-20/h11-12,19H,3-10H2,1-2H3. The normalized spacial score (nSPS) is 15.8. The summed E-state index contributed by atoms with van der Waals surface area (Å²) >= 11 is 6.19. The molecule has 2 rings (SSSR count). The van der Waals surface area contributed by atoms with Gasteiger partial charge in [0.2, 0.25) is 0 Å². The van der Waals surface area contributed by atoms with Crippen molar-refractivity contribution in [1.29, 1.82) is 0 Å². The Morgan fingerprint density at radius 3 is 2.77 bits per heavy atom. The van der Waals surface area contributed by atoms with Crippen LogP contribution < -0.4 is 10.1 Å². The van der Waals surface area contributed by atoms with Crippen molar-refractivity contribution < 1.29 is 9.53 Å². The topological polar surface area (TPSA) is 41.6 Å². The van der Waals surface area contributed by atoms with Gasteiger partial charge in [-0.15, -0.1) is 0 Å². The molecule has 0 saturated carbocycles. The Balaban J connectivity index is 2.04. The van der Waals surface area contributed by atoms with Crippen molar-refractivity contribution >= 4 is 17.4 Å². The molecule has 0 atom stereocenters. The summed E-state index contributed by atoms with van der Waals surface area (Å²) in [5.74, 6) is 0.764. The lowest BCUT2D eigenvalue weighted by atomic mass is 10.0. The SMILES string of the molecule is CCCOc1cc(C)c(Cl)cc1C(=O)CCN1CCNCC1. The number of carbonyl (C=O) groups is 1. The lowest BCUT2D eigenvalue weighted by Gasteiger charge is -2.26. The minimum absolute atomic E-state index is 0.103. The molecule has 1 heterocycles. The number of nitrogens with one attached hydrogen (secondary N) is 1. The minimum atomic E-state index is 0.103. The third-order valence-electron chi connectivity index (χ3n) is 3.89. The number of carbonyl (C=O) groups excluding carboxylic acids is 1. The molecule has 1 aliphatic rings. The average Bonchev–Trinajstić information content (AvgIpc) is 2.54. The van der Waals surface area contributed by atoms with Crippen molar-refractivity contribution in [3.8, 4) is 5.75 Å².